The van der Waals surface area contributed by atoms with Crippen molar-refractivity contribution in [2.45, 2.75) is 20.4 Å². The summed E-state index contributed by atoms with van der Waals surface area (Å²) >= 11 is 5.90. The van der Waals surface area contributed by atoms with Crippen LogP contribution in [0, 0.1) is 24.0 Å². The third kappa shape index (κ3) is 3.92. The van der Waals surface area contributed by atoms with Crippen LogP contribution in [0.1, 0.15) is 16.7 Å². The van der Waals surface area contributed by atoms with E-state index in [0.29, 0.717) is 36.1 Å². The number of nitrogens with zero attached hydrogens (tertiary/aromatic N) is 3. The van der Waals surface area contributed by atoms with Gasteiger partial charge >= 0.3 is 0 Å². The van der Waals surface area contributed by atoms with Crippen molar-refractivity contribution in [2.75, 3.05) is 31.1 Å². The highest BCUT2D eigenvalue weighted by Crippen LogP contribution is 2.32. The average molecular weight is 376 g/mol. The molecule has 0 saturated carbocycles. The average Bonchev–Trinajstić information content (AvgIpc) is 2.60. The lowest BCUT2D eigenvalue weighted by Gasteiger charge is -2.36. The van der Waals surface area contributed by atoms with Crippen molar-refractivity contribution < 1.29 is 10.0 Å². The Morgan fingerprint density at radius 1 is 1.12 bits per heavy atom. The van der Waals surface area contributed by atoms with Crippen molar-refractivity contribution in [2.24, 2.45) is 0 Å². The van der Waals surface area contributed by atoms with E-state index in [9.17, 15) is 15.2 Å². The van der Waals surface area contributed by atoms with Gasteiger partial charge in [-0.2, -0.15) is 0 Å². The first-order valence-electron chi connectivity index (χ1n) is 8.55. The van der Waals surface area contributed by atoms with Crippen LogP contribution in [0.4, 0.5) is 11.4 Å². The van der Waals surface area contributed by atoms with E-state index in [-0.39, 0.29) is 10.6 Å². The first-order valence-corrected chi connectivity index (χ1v) is 8.93. The molecular weight excluding hydrogens is 354 g/mol. The van der Waals surface area contributed by atoms with E-state index in [0.717, 1.165) is 29.8 Å². The lowest BCUT2D eigenvalue weighted by Crippen LogP contribution is -2.46. The second-order valence-electron chi connectivity index (χ2n) is 6.72. The van der Waals surface area contributed by atoms with E-state index in [2.05, 4.69) is 4.90 Å². The molecule has 2 aromatic rings. The number of hydrogen-bond donors (Lipinski definition) is 1. The fraction of sp³-hybridized carbons (Fsp3) is 0.368. The molecule has 138 valence electrons. The number of aryl methyl sites for hydroxylation is 2. The minimum Gasteiger partial charge on any atom is -0.508 e. The van der Waals surface area contributed by atoms with Crippen LogP contribution < -0.4 is 4.90 Å². The van der Waals surface area contributed by atoms with E-state index in [4.69, 9.17) is 11.6 Å². The normalized spacial score (nSPS) is 15.3. The van der Waals surface area contributed by atoms with Crippen molar-refractivity contribution in [1.82, 2.24) is 4.90 Å². The summed E-state index contributed by atoms with van der Waals surface area (Å²) in [7, 11) is 0. The Morgan fingerprint density at radius 3 is 2.42 bits per heavy atom. The van der Waals surface area contributed by atoms with Crippen LogP contribution in [-0.4, -0.2) is 41.1 Å². The summed E-state index contributed by atoms with van der Waals surface area (Å²) in [6, 6.07) is 8.63. The third-order valence-corrected chi connectivity index (χ3v) is 5.17. The molecule has 0 radical (unpaired) electrons. The quantitative estimate of drug-likeness (QED) is 0.648. The first kappa shape index (κ1) is 18.5. The fourth-order valence-electron chi connectivity index (χ4n) is 3.29. The summed E-state index contributed by atoms with van der Waals surface area (Å²) in [6.07, 6.45) is 0. The smallest absolute Gasteiger partial charge is 0.294 e. The first-order chi connectivity index (χ1) is 12.3. The predicted octanol–water partition coefficient (Wildman–Crippen LogP) is 3.89. The van der Waals surface area contributed by atoms with Gasteiger partial charge in [-0.25, -0.2) is 0 Å². The molecule has 1 aliphatic rings. The number of aromatic hydroxyl groups is 1. The Bertz CT molecular complexity index is 833. The minimum atomic E-state index is -0.388. The van der Waals surface area contributed by atoms with Crippen molar-refractivity contribution in [3.63, 3.8) is 0 Å². The van der Waals surface area contributed by atoms with E-state index < -0.39 is 0 Å². The number of piperazine rings is 1. The van der Waals surface area contributed by atoms with Gasteiger partial charge in [-0.3, -0.25) is 15.0 Å². The van der Waals surface area contributed by atoms with E-state index in [1.165, 1.54) is 6.07 Å². The summed E-state index contributed by atoms with van der Waals surface area (Å²) in [5.74, 6) is 0.323. The summed E-state index contributed by atoms with van der Waals surface area (Å²) in [5.41, 5.74) is 3.80. The summed E-state index contributed by atoms with van der Waals surface area (Å²) in [5, 5.41) is 21.8. The predicted molar refractivity (Wildman–Crippen MR) is 103 cm³/mol. The Hall–Kier alpha value is -2.31. The van der Waals surface area contributed by atoms with Gasteiger partial charge in [0.2, 0.25) is 0 Å². The van der Waals surface area contributed by atoms with E-state index in [1.54, 1.807) is 18.2 Å². The number of phenolic OH excluding ortho intramolecular Hbond substituents is 1. The number of rotatable bonds is 4. The molecule has 0 bridgehead atoms. The molecule has 0 aromatic heterocycles. The largest absolute Gasteiger partial charge is 0.508 e. The minimum absolute atomic E-state index is 0.0396. The van der Waals surface area contributed by atoms with Crippen LogP contribution in [0.25, 0.3) is 0 Å². The lowest BCUT2D eigenvalue weighted by molar-refractivity contribution is -0.384. The topological polar surface area (TPSA) is 69.8 Å². The van der Waals surface area contributed by atoms with Crippen LogP contribution in [-0.2, 0) is 6.54 Å². The molecule has 0 aliphatic carbocycles. The van der Waals surface area contributed by atoms with Crippen molar-refractivity contribution in [3.05, 3.63) is 62.2 Å². The van der Waals surface area contributed by atoms with Crippen LogP contribution >= 0.6 is 11.6 Å². The Labute approximate surface area is 157 Å². The summed E-state index contributed by atoms with van der Waals surface area (Å²) in [6.45, 7) is 7.61. The molecule has 26 heavy (non-hydrogen) atoms. The second-order valence-corrected chi connectivity index (χ2v) is 7.15. The molecule has 0 spiro atoms. The molecule has 0 atom stereocenters. The zero-order valence-electron chi connectivity index (χ0n) is 14.9. The highest BCUT2D eigenvalue weighted by Gasteiger charge is 2.24. The standard InChI is InChI=1S/C19H22ClN3O3/c1-13-9-15(19(24)10-14(13)2)12-21-5-7-22(8-6-21)17-4-3-16(20)11-18(17)23(25)26/h3-4,9-11,24H,5-8,12H2,1-2H3. The molecule has 2 aromatic carbocycles. The highest BCUT2D eigenvalue weighted by molar-refractivity contribution is 6.30. The Morgan fingerprint density at radius 2 is 1.77 bits per heavy atom. The number of halogens is 1. The molecule has 0 unspecified atom stereocenters. The fourth-order valence-corrected chi connectivity index (χ4v) is 3.45. The molecule has 1 heterocycles. The van der Waals surface area contributed by atoms with Crippen molar-refractivity contribution in [1.29, 1.82) is 0 Å². The Kier molecular flexibility index (Phi) is 5.34. The summed E-state index contributed by atoms with van der Waals surface area (Å²) < 4.78 is 0. The van der Waals surface area contributed by atoms with Crippen LogP contribution in [0.5, 0.6) is 5.75 Å². The van der Waals surface area contributed by atoms with E-state index in [1.807, 2.05) is 24.8 Å². The van der Waals surface area contributed by atoms with Gasteiger partial charge < -0.3 is 10.0 Å². The maximum Gasteiger partial charge on any atom is 0.294 e. The third-order valence-electron chi connectivity index (χ3n) is 4.94. The monoisotopic (exact) mass is 375 g/mol. The Balaban J connectivity index is 1.69. The van der Waals surface area contributed by atoms with Crippen LogP contribution in [0.15, 0.2) is 30.3 Å². The lowest BCUT2D eigenvalue weighted by atomic mass is 10.0. The van der Waals surface area contributed by atoms with Gasteiger partial charge in [0, 0.05) is 49.4 Å². The molecule has 7 heteroatoms. The SMILES string of the molecule is Cc1cc(O)c(CN2CCN(c3ccc(Cl)cc3[N+](=O)[O-])CC2)cc1C. The zero-order chi connectivity index (χ0) is 18.8. The van der Waals surface area contributed by atoms with Gasteiger partial charge in [0.15, 0.2) is 0 Å². The number of nitro groups is 1. The number of anilines is 1. The van der Waals surface area contributed by atoms with Crippen molar-refractivity contribution >= 4 is 23.0 Å². The van der Waals surface area contributed by atoms with Crippen LogP contribution in [0.2, 0.25) is 5.02 Å². The molecular formula is C19H22ClN3O3. The highest BCUT2D eigenvalue weighted by atomic mass is 35.5. The maximum atomic E-state index is 11.3. The number of hydrogen-bond acceptors (Lipinski definition) is 5. The van der Waals surface area contributed by atoms with Gasteiger partial charge in [-0.05, 0) is 43.2 Å². The number of nitro benzene ring substituents is 1. The van der Waals surface area contributed by atoms with Gasteiger partial charge in [0.1, 0.15) is 11.4 Å². The number of benzene rings is 2. The second kappa shape index (κ2) is 7.51. The summed E-state index contributed by atoms with van der Waals surface area (Å²) in [4.78, 5) is 15.2. The van der Waals surface area contributed by atoms with Gasteiger partial charge in [0.05, 0.1) is 4.92 Å². The molecule has 1 saturated heterocycles. The van der Waals surface area contributed by atoms with Gasteiger partial charge in [0.25, 0.3) is 5.69 Å². The zero-order valence-corrected chi connectivity index (χ0v) is 15.7. The van der Waals surface area contributed by atoms with Crippen molar-refractivity contribution in [3.8, 4) is 5.75 Å². The molecule has 6 nitrogen and oxygen atoms in total. The molecule has 3 rings (SSSR count). The maximum absolute atomic E-state index is 11.3. The van der Waals surface area contributed by atoms with Gasteiger partial charge in [-0.1, -0.05) is 17.7 Å². The molecule has 1 aliphatic heterocycles. The van der Waals surface area contributed by atoms with Gasteiger partial charge in [-0.15, -0.1) is 0 Å². The van der Waals surface area contributed by atoms with Crippen LogP contribution in [0.3, 0.4) is 0 Å². The molecule has 1 N–H and O–H groups in total. The number of phenols is 1. The molecule has 0 amide bonds. The molecule has 1 fully saturated rings. The van der Waals surface area contributed by atoms with E-state index >= 15 is 0 Å².